The van der Waals surface area contributed by atoms with Crippen molar-refractivity contribution in [3.05, 3.63) is 47.9 Å². The van der Waals surface area contributed by atoms with Crippen LogP contribution in [0.3, 0.4) is 0 Å². The van der Waals surface area contributed by atoms with Crippen LogP contribution < -0.4 is 10.1 Å². The predicted octanol–water partition coefficient (Wildman–Crippen LogP) is 3.34. The monoisotopic (exact) mass is 297 g/mol. The Balaban J connectivity index is 2.03. The summed E-state index contributed by atoms with van der Waals surface area (Å²) >= 11 is 0. The lowest BCUT2D eigenvalue weighted by Gasteiger charge is -2.13. The predicted molar refractivity (Wildman–Crippen MR) is 72.1 cm³/mol. The molecule has 0 atom stereocenters. The van der Waals surface area contributed by atoms with Crippen molar-refractivity contribution < 1.29 is 17.9 Å². The number of aryl methyl sites for hydroxylation is 1. The molecule has 0 bridgehead atoms. The van der Waals surface area contributed by atoms with Crippen LogP contribution in [0.1, 0.15) is 11.3 Å². The summed E-state index contributed by atoms with van der Waals surface area (Å²) in [7, 11) is 0. The van der Waals surface area contributed by atoms with Crippen LogP contribution in [-0.4, -0.2) is 22.8 Å². The molecule has 7 heteroatoms. The first-order chi connectivity index (χ1) is 9.94. The molecule has 0 spiro atoms. The van der Waals surface area contributed by atoms with Crippen LogP contribution in [0, 0.1) is 6.92 Å². The maximum atomic E-state index is 12.2. The number of nitrogens with one attached hydrogen (secondary N) is 1. The molecule has 1 heterocycles. The number of nitrogens with zero attached hydrogens (tertiary/aromatic N) is 2. The SMILES string of the molecule is Cc1cc(NCc2ccccc2OCC(F)(F)F)ncn1. The molecule has 2 aromatic rings. The third-order valence-corrected chi connectivity index (χ3v) is 2.63. The first-order valence-corrected chi connectivity index (χ1v) is 6.24. The number of ether oxygens (including phenoxy) is 1. The van der Waals surface area contributed by atoms with E-state index in [9.17, 15) is 13.2 Å². The summed E-state index contributed by atoms with van der Waals surface area (Å²) in [5.41, 5.74) is 1.42. The van der Waals surface area contributed by atoms with Crippen molar-refractivity contribution >= 4 is 5.82 Å². The molecule has 2 rings (SSSR count). The van der Waals surface area contributed by atoms with E-state index in [-0.39, 0.29) is 5.75 Å². The lowest BCUT2D eigenvalue weighted by molar-refractivity contribution is -0.153. The zero-order chi connectivity index (χ0) is 15.3. The van der Waals surface area contributed by atoms with Crippen LogP contribution in [0.25, 0.3) is 0 Å². The highest BCUT2D eigenvalue weighted by atomic mass is 19.4. The summed E-state index contributed by atoms with van der Waals surface area (Å²) in [6.07, 6.45) is -2.94. The molecule has 0 saturated heterocycles. The number of anilines is 1. The van der Waals surface area contributed by atoms with E-state index in [2.05, 4.69) is 15.3 Å². The maximum Gasteiger partial charge on any atom is 0.422 e. The van der Waals surface area contributed by atoms with Crippen molar-refractivity contribution in [2.24, 2.45) is 0 Å². The van der Waals surface area contributed by atoms with Gasteiger partial charge in [0, 0.05) is 23.9 Å². The number of rotatable bonds is 5. The van der Waals surface area contributed by atoms with Crippen LogP contribution >= 0.6 is 0 Å². The first kappa shape index (κ1) is 15.1. The molecular weight excluding hydrogens is 283 g/mol. The van der Waals surface area contributed by atoms with Gasteiger partial charge in [0.1, 0.15) is 17.9 Å². The minimum absolute atomic E-state index is 0.202. The Morgan fingerprint density at radius 3 is 2.67 bits per heavy atom. The van der Waals surface area contributed by atoms with E-state index in [4.69, 9.17) is 4.74 Å². The second-order valence-corrected chi connectivity index (χ2v) is 4.41. The standard InChI is InChI=1S/C14H14F3N3O/c1-10-6-13(20-9-19-10)18-7-11-4-2-3-5-12(11)21-8-14(15,16)17/h2-6,9H,7-8H2,1H3,(H,18,19,20). The molecule has 0 saturated carbocycles. The van der Waals surface area contributed by atoms with Gasteiger partial charge in [0.05, 0.1) is 0 Å². The molecule has 0 aliphatic heterocycles. The summed E-state index contributed by atoms with van der Waals surface area (Å²) in [5.74, 6) is 0.807. The Morgan fingerprint density at radius 1 is 1.19 bits per heavy atom. The normalized spacial score (nSPS) is 11.2. The van der Waals surface area contributed by atoms with E-state index in [1.807, 2.05) is 6.92 Å². The lowest BCUT2D eigenvalue weighted by Crippen LogP contribution is -2.20. The molecule has 4 nitrogen and oxygen atoms in total. The number of hydrogen-bond acceptors (Lipinski definition) is 4. The largest absolute Gasteiger partial charge is 0.484 e. The Hall–Kier alpha value is -2.31. The summed E-state index contributed by atoms with van der Waals surface area (Å²) in [6.45, 7) is 0.828. The fourth-order valence-corrected chi connectivity index (χ4v) is 1.69. The summed E-state index contributed by atoms with van der Waals surface area (Å²) in [6, 6.07) is 8.33. The van der Waals surface area contributed by atoms with E-state index >= 15 is 0 Å². The number of alkyl halides is 3. The highest BCUT2D eigenvalue weighted by Gasteiger charge is 2.28. The zero-order valence-corrected chi connectivity index (χ0v) is 11.3. The van der Waals surface area contributed by atoms with E-state index in [1.165, 1.54) is 12.4 Å². The lowest BCUT2D eigenvalue weighted by atomic mass is 10.2. The van der Waals surface area contributed by atoms with Crippen LogP contribution in [0.5, 0.6) is 5.75 Å². The van der Waals surface area contributed by atoms with Crippen LogP contribution in [0.2, 0.25) is 0 Å². The summed E-state index contributed by atoms with van der Waals surface area (Å²) in [4.78, 5) is 7.99. The molecule has 0 unspecified atom stereocenters. The number of halogens is 3. The highest BCUT2D eigenvalue weighted by molar-refractivity contribution is 5.40. The topological polar surface area (TPSA) is 47.0 Å². The number of hydrogen-bond donors (Lipinski definition) is 1. The van der Waals surface area contributed by atoms with Gasteiger partial charge in [-0.1, -0.05) is 18.2 Å². The Morgan fingerprint density at radius 2 is 1.95 bits per heavy atom. The van der Waals surface area contributed by atoms with Gasteiger partial charge in [-0.25, -0.2) is 9.97 Å². The fraction of sp³-hybridized carbons (Fsp3) is 0.286. The minimum atomic E-state index is -4.36. The molecule has 1 aromatic heterocycles. The molecule has 0 aliphatic rings. The number of benzene rings is 1. The Bertz CT molecular complexity index is 602. The van der Waals surface area contributed by atoms with Gasteiger partial charge >= 0.3 is 6.18 Å². The molecule has 1 N–H and O–H groups in total. The van der Waals surface area contributed by atoms with Crippen LogP contribution in [0.4, 0.5) is 19.0 Å². The van der Waals surface area contributed by atoms with Gasteiger partial charge in [0.2, 0.25) is 0 Å². The van der Waals surface area contributed by atoms with Gasteiger partial charge in [-0.15, -0.1) is 0 Å². The highest BCUT2D eigenvalue weighted by Crippen LogP contribution is 2.22. The molecule has 1 aromatic carbocycles. The second kappa shape index (κ2) is 6.43. The van der Waals surface area contributed by atoms with E-state index in [1.54, 1.807) is 24.3 Å². The van der Waals surface area contributed by atoms with Gasteiger partial charge in [-0.3, -0.25) is 0 Å². The van der Waals surface area contributed by atoms with Crippen molar-refractivity contribution in [1.82, 2.24) is 9.97 Å². The number of para-hydroxylation sites is 1. The molecule has 0 amide bonds. The molecule has 112 valence electrons. The third kappa shape index (κ3) is 4.94. The van der Waals surface area contributed by atoms with Gasteiger partial charge < -0.3 is 10.1 Å². The molecule has 0 radical (unpaired) electrons. The van der Waals surface area contributed by atoms with E-state index in [0.29, 0.717) is 17.9 Å². The van der Waals surface area contributed by atoms with Gasteiger partial charge in [0.15, 0.2) is 6.61 Å². The Labute approximate surface area is 120 Å². The maximum absolute atomic E-state index is 12.2. The Kier molecular flexibility index (Phi) is 4.62. The molecule has 0 fully saturated rings. The third-order valence-electron chi connectivity index (χ3n) is 2.63. The molecule has 21 heavy (non-hydrogen) atoms. The van der Waals surface area contributed by atoms with Crippen LogP contribution in [0.15, 0.2) is 36.7 Å². The quantitative estimate of drug-likeness (QED) is 0.919. The van der Waals surface area contributed by atoms with Gasteiger partial charge in [0.25, 0.3) is 0 Å². The molecule has 0 aliphatic carbocycles. The van der Waals surface area contributed by atoms with Gasteiger partial charge in [-0.2, -0.15) is 13.2 Å². The van der Waals surface area contributed by atoms with Crippen molar-refractivity contribution in [3.63, 3.8) is 0 Å². The van der Waals surface area contributed by atoms with E-state index < -0.39 is 12.8 Å². The summed E-state index contributed by atoms with van der Waals surface area (Å²) in [5, 5.41) is 3.03. The van der Waals surface area contributed by atoms with Crippen molar-refractivity contribution in [2.45, 2.75) is 19.6 Å². The number of aromatic nitrogens is 2. The smallest absolute Gasteiger partial charge is 0.422 e. The van der Waals surface area contributed by atoms with Crippen molar-refractivity contribution in [3.8, 4) is 5.75 Å². The first-order valence-electron chi connectivity index (χ1n) is 6.24. The average Bonchev–Trinajstić information content (AvgIpc) is 2.43. The van der Waals surface area contributed by atoms with Crippen LogP contribution in [-0.2, 0) is 6.54 Å². The van der Waals surface area contributed by atoms with Gasteiger partial charge in [-0.05, 0) is 13.0 Å². The van der Waals surface area contributed by atoms with E-state index in [0.717, 1.165) is 5.69 Å². The minimum Gasteiger partial charge on any atom is -0.484 e. The average molecular weight is 297 g/mol. The summed E-state index contributed by atoms with van der Waals surface area (Å²) < 4.78 is 41.4. The van der Waals surface area contributed by atoms with Crippen molar-refractivity contribution in [2.75, 3.05) is 11.9 Å². The van der Waals surface area contributed by atoms with Crippen molar-refractivity contribution in [1.29, 1.82) is 0 Å². The second-order valence-electron chi connectivity index (χ2n) is 4.41. The molecular formula is C14H14F3N3O. The fourth-order valence-electron chi connectivity index (χ4n) is 1.69. The zero-order valence-electron chi connectivity index (χ0n) is 11.3.